The van der Waals surface area contributed by atoms with Crippen molar-refractivity contribution in [2.75, 3.05) is 5.32 Å². The zero-order valence-electron chi connectivity index (χ0n) is 8.64. The molecule has 1 aliphatic carbocycles. The number of hydrogen-bond acceptors (Lipinski definition) is 4. The maximum Gasteiger partial charge on any atom is 0.237 e. The molecule has 16 heavy (non-hydrogen) atoms. The molecule has 2 rings (SSSR count). The Balaban J connectivity index is 2.11. The highest BCUT2D eigenvalue weighted by Gasteiger charge is 2.46. The average molecular weight is 236 g/mol. The lowest BCUT2D eigenvalue weighted by Crippen LogP contribution is -2.50. The molecule has 84 valence electrons. The smallest absolute Gasteiger partial charge is 0.237 e. The highest BCUT2D eigenvalue weighted by atomic mass is 32.1. The minimum Gasteiger partial charge on any atom is -0.392 e. The first kappa shape index (κ1) is 10.9. The normalized spacial score (nSPS) is 17.2. The summed E-state index contributed by atoms with van der Waals surface area (Å²) >= 11 is 4.96. The number of carbonyl (C=O) groups excluding carboxylic acids is 1. The number of aromatic nitrogens is 2. The van der Waals surface area contributed by atoms with Crippen LogP contribution in [-0.4, -0.2) is 20.9 Å². The van der Waals surface area contributed by atoms with Crippen molar-refractivity contribution in [3.8, 4) is 0 Å². The summed E-state index contributed by atoms with van der Waals surface area (Å²) in [6, 6.07) is 0. The number of anilines is 1. The molecule has 0 bridgehead atoms. The molecular formula is C10H12N4OS. The summed E-state index contributed by atoms with van der Waals surface area (Å²) in [6.45, 7) is 0. The molecule has 1 aromatic rings. The molecule has 1 amide bonds. The van der Waals surface area contributed by atoms with Crippen LogP contribution in [0.1, 0.15) is 19.3 Å². The second-order valence-corrected chi connectivity index (χ2v) is 4.32. The van der Waals surface area contributed by atoms with Gasteiger partial charge < -0.3 is 11.1 Å². The van der Waals surface area contributed by atoms with Crippen LogP contribution >= 0.6 is 12.2 Å². The number of nitrogens with two attached hydrogens (primary N) is 1. The maximum atomic E-state index is 12.0. The number of thiocarbonyl (C=S) groups is 1. The summed E-state index contributed by atoms with van der Waals surface area (Å²) in [5.74, 6) is -0.152. The van der Waals surface area contributed by atoms with Gasteiger partial charge in [0.2, 0.25) is 5.91 Å². The van der Waals surface area contributed by atoms with Crippen LogP contribution in [0.3, 0.4) is 0 Å². The SMILES string of the molecule is NC(=S)C1(C(=O)Nc2cncnc2)CCC1. The summed E-state index contributed by atoms with van der Waals surface area (Å²) < 4.78 is 0. The zero-order chi connectivity index (χ0) is 11.6. The standard InChI is InChI=1S/C10H12N4OS/c11-8(16)10(2-1-3-10)9(15)14-7-4-12-6-13-5-7/h4-6H,1-3H2,(H2,11,16)(H,14,15). The van der Waals surface area contributed by atoms with E-state index < -0.39 is 5.41 Å². The number of carbonyl (C=O) groups is 1. The number of nitrogens with zero attached hydrogens (tertiary/aromatic N) is 2. The van der Waals surface area contributed by atoms with E-state index >= 15 is 0 Å². The topological polar surface area (TPSA) is 80.9 Å². The van der Waals surface area contributed by atoms with Crippen LogP contribution in [0.2, 0.25) is 0 Å². The van der Waals surface area contributed by atoms with Gasteiger partial charge in [0.15, 0.2) is 0 Å². The molecule has 0 unspecified atom stereocenters. The van der Waals surface area contributed by atoms with Crippen LogP contribution in [0, 0.1) is 5.41 Å². The summed E-state index contributed by atoms with van der Waals surface area (Å²) in [6.07, 6.45) is 6.91. The van der Waals surface area contributed by atoms with Gasteiger partial charge in [-0.1, -0.05) is 18.6 Å². The van der Waals surface area contributed by atoms with E-state index in [1.54, 1.807) is 0 Å². The molecular weight excluding hydrogens is 224 g/mol. The van der Waals surface area contributed by atoms with E-state index in [-0.39, 0.29) is 10.9 Å². The van der Waals surface area contributed by atoms with Crippen molar-refractivity contribution < 1.29 is 4.79 Å². The van der Waals surface area contributed by atoms with Crippen LogP contribution < -0.4 is 11.1 Å². The molecule has 1 heterocycles. The van der Waals surface area contributed by atoms with Gasteiger partial charge in [-0.25, -0.2) is 9.97 Å². The highest BCUT2D eigenvalue weighted by Crippen LogP contribution is 2.42. The first-order valence-electron chi connectivity index (χ1n) is 5.01. The summed E-state index contributed by atoms with van der Waals surface area (Å²) in [5, 5.41) is 2.73. The Morgan fingerprint density at radius 3 is 2.50 bits per heavy atom. The molecule has 3 N–H and O–H groups in total. The maximum absolute atomic E-state index is 12.0. The average Bonchev–Trinajstić information content (AvgIpc) is 2.16. The van der Waals surface area contributed by atoms with Crippen LogP contribution in [0.25, 0.3) is 0 Å². The number of hydrogen-bond donors (Lipinski definition) is 2. The largest absolute Gasteiger partial charge is 0.392 e. The van der Waals surface area contributed by atoms with Crippen molar-refractivity contribution in [2.24, 2.45) is 11.1 Å². The first-order valence-corrected chi connectivity index (χ1v) is 5.42. The van der Waals surface area contributed by atoms with E-state index in [1.807, 2.05) is 0 Å². The molecule has 0 spiro atoms. The zero-order valence-corrected chi connectivity index (χ0v) is 9.46. The predicted octanol–water partition coefficient (Wildman–Crippen LogP) is 0.871. The van der Waals surface area contributed by atoms with Gasteiger partial charge in [-0.3, -0.25) is 4.79 Å². The Hall–Kier alpha value is -1.56. The lowest BCUT2D eigenvalue weighted by Gasteiger charge is -2.38. The van der Waals surface area contributed by atoms with Crippen molar-refractivity contribution in [3.05, 3.63) is 18.7 Å². The molecule has 1 fully saturated rings. The fourth-order valence-corrected chi connectivity index (χ4v) is 2.03. The molecule has 1 saturated carbocycles. The van der Waals surface area contributed by atoms with Crippen LogP contribution in [0.15, 0.2) is 18.7 Å². The van der Waals surface area contributed by atoms with Crippen molar-refractivity contribution in [1.29, 1.82) is 0 Å². The number of rotatable bonds is 3. The highest BCUT2D eigenvalue weighted by molar-refractivity contribution is 7.80. The van der Waals surface area contributed by atoms with Crippen molar-refractivity contribution in [3.63, 3.8) is 0 Å². The van der Waals surface area contributed by atoms with E-state index in [2.05, 4.69) is 15.3 Å². The molecule has 0 aromatic carbocycles. The van der Waals surface area contributed by atoms with Gasteiger partial charge in [-0.15, -0.1) is 0 Å². The van der Waals surface area contributed by atoms with E-state index in [0.29, 0.717) is 5.69 Å². The Kier molecular flexibility index (Phi) is 2.82. The van der Waals surface area contributed by atoms with Crippen LogP contribution in [0.4, 0.5) is 5.69 Å². The lowest BCUT2D eigenvalue weighted by molar-refractivity contribution is -0.125. The van der Waals surface area contributed by atoms with Crippen LogP contribution in [0.5, 0.6) is 0 Å². The second-order valence-electron chi connectivity index (χ2n) is 3.88. The molecule has 6 heteroatoms. The first-order chi connectivity index (χ1) is 7.65. The Labute approximate surface area is 98.5 Å². The molecule has 5 nitrogen and oxygen atoms in total. The van der Waals surface area contributed by atoms with Gasteiger partial charge in [-0.2, -0.15) is 0 Å². The van der Waals surface area contributed by atoms with E-state index in [4.69, 9.17) is 18.0 Å². The second kappa shape index (κ2) is 4.13. The summed E-state index contributed by atoms with van der Waals surface area (Å²) in [5.41, 5.74) is 5.53. The Bertz CT molecular complexity index is 416. The number of nitrogens with one attached hydrogen (secondary N) is 1. The molecule has 1 aromatic heterocycles. The van der Waals surface area contributed by atoms with Crippen LogP contribution in [-0.2, 0) is 4.79 Å². The summed E-state index contributed by atoms with van der Waals surface area (Å²) in [7, 11) is 0. The predicted molar refractivity (Wildman–Crippen MR) is 63.7 cm³/mol. The summed E-state index contributed by atoms with van der Waals surface area (Å²) in [4.78, 5) is 19.9. The van der Waals surface area contributed by atoms with E-state index in [9.17, 15) is 4.79 Å². The minimum atomic E-state index is -0.662. The molecule has 0 saturated heterocycles. The molecule has 0 aliphatic heterocycles. The fourth-order valence-electron chi connectivity index (χ4n) is 1.73. The van der Waals surface area contributed by atoms with Gasteiger partial charge in [0, 0.05) is 0 Å². The van der Waals surface area contributed by atoms with Crippen molar-refractivity contribution in [2.45, 2.75) is 19.3 Å². The van der Waals surface area contributed by atoms with Gasteiger partial charge in [0.25, 0.3) is 0 Å². The molecule has 0 atom stereocenters. The third-order valence-electron chi connectivity index (χ3n) is 2.93. The minimum absolute atomic E-state index is 0.152. The third kappa shape index (κ3) is 1.76. The monoisotopic (exact) mass is 236 g/mol. The third-order valence-corrected chi connectivity index (χ3v) is 3.32. The lowest BCUT2D eigenvalue weighted by atomic mass is 9.68. The van der Waals surface area contributed by atoms with Gasteiger partial charge in [0.1, 0.15) is 6.33 Å². The van der Waals surface area contributed by atoms with Gasteiger partial charge in [-0.05, 0) is 12.8 Å². The Morgan fingerprint density at radius 1 is 1.44 bits per heavy atom. The van der Waals surface area contributed by atoms with Crippen molar-refractivity contribution >= 4 is 28.8 Å². The quantitative estimate of drug-likeness (QED) is 0.761. The van der Waals surface area contributed by atoms with E-state index in [1.165, 1.54) is 18.7 Å². The molecule has 1 aliphatic rings. The van der Waals surface area contributed by atoms with Gasteiger partial charge >= 0.3 is 0 Å². The molecule has 0 radical (unpaired) electrons. The van der Waals surface area contributed by atoms with Crippen molar-refractivity contribution in [1.82, 2.24) is 9.97 Å². The number of amides is 1. The Morgan fingerprint density at radius 2 is 2.06 bits per heavy atom. The van der Waals surface area contributed by atoms with Gasteiger partial charge in [0.05, 0.1) is 28.5 Å². The fraction of sp³-hybridized carbons (Fsp3) is 0.400. The van der Waals surface area contributed by atoms with E-state index in [0.717, 1.165) is 19.3 Å².